The summed E-state index contributed by atoms with van der Waals surface area (Å²) in [5.41, 5.74) is 5.24. The predicted octanol–water partition coefficient (Wildman–Crippen LogP) is 2.67. The summed E-state index contributed by atoms with van der Waals surface area (Å²) in [6.07, 6.45) is 0.367. The Labute approximate surface area is 135 Å². The van der Waals surface area contributed by atoms with Crippen molar-refractivity contribution in [1.82, 2.24) is 5.32 Å². The topological polar surface area (TPSA) is 64.3 Å². The van der Waals surface area contributed by atoms with E-state index in [2.05, 4.69) is 5.32 Å². The number of amides is 1. The van der Waals surface area contributed by atoms with Gasteiger partial charge in [-0.3, -0.25) is 4.79 Å². The highest BCUT2D eigenvalue weighted by Crippen LogP contribution is 2.50. The number of ether oxygens (including phenoxy) is 1. The molecular weight excluding hydrogens is 302 g/mol. The lowest BCUT2D eigenvalue weighted by Gasteiger charge is -2.57. The zero-order valence-electron chi connectivity index (χ0n) is 14.0. The standard InChI is InChI=1S/C17H24F2N2O2/c1-5-23-14-9-17(20,16(14,3)4)15(22)21-10(2)11-6-7-12(18)13(19)8-11/h6-8,10,14H,5,9,20H2,1-4H3,(H,21,22). The Morgan fingerprint density at radius 1 is 1.43 bits per heavy atom. The van der Waals surface area contributed by atoms with Crippen LogP contribution in [-0.2, 0) is 9.53 Å². The summed E-state index contributed by atoms with van der Waals surface area (Å²) < 4.78 is 31.9. The molecule has 0 bridgehead atoms. The van der Waals surface area contributed by atoms with E-state index in [0.717, 1.165) is 12.1 Å². The second-order valence-electron chi connectivity index (χ2n) is 6.71. The Hall–Kier alpha value is -1.53. The lowest BCUT2D eigenvalue weighted by atomic mass is 9.54. The van der Waals surface area contributed by atoms with Crippen LogP contribution in [0.1, 0.15) is 45.7 Å². The van der Waals surface area contributed by atoms with Gasteiger partial charge in [0, 0.05) is 18.4 Å². The molecule has 6 heteroatoms. The molecular formula is C17H24F2N2O2. The minimum absolute atomic E-state index is 0.0678. The maximum atomic E-state index is 13.3. The highest BCUT2D eigenvalue weighted by atomic mass is 19.2. The number of hydrogen-bond donors (Lipinski definition) is 2. The maximum Gasteiger partial charge on any atom is 0.241 e. The van der Waals surface area contributed by atoms with Crippen molar-refractivity contribution in [3.05, 3.63) is 35.4 Å². The van der Waals surface area contributed by atoms with Crippen LogP contribution in [0.25, 0.3) is 0 Å². The molecule has 0 spiro atoms. The Morgan fingerprint density at radius 3 is 2.61 bits per heavy atom. The smallest absolute Gasteiger partial charge is 0.241 e. The molecule has 1 aromatic rings. The second-order valence-corrected chi connectivity index (χ2v) is 6.71. The van der Waals surface area contributed by atoms with Gasteiger partial charge in [-0.2, -0.15) is 0 Å². The molecule has 1 aliphatic carbocycles. The molecule has 1 aromatic carbocycles. The fourth-order valence-corrected chi connectivity index (χ4v) is 3.01. The van der Waals surface area contributed by atoms with E-state index in [0.29, 0.717) is 18.6 Å². The number of carbonyl (C=O) groups is 1. The molecule has 1 saturated carbocycles. The zero-order valence-corrected chi connectivity index (χ0v) is 14.0. The molecule has 3 atom stereocenters. The number of rotatable bonds is 5. The summed E-state index contributed by atoms with van der Waals surface area (Å²) in [4.78, 5) is 12.6. The van der Waals surface area contributed by atoms with Crippen molar-refractivity contribution in [2.45, 2.75) is 51.8 Å². The summed E-state index contributed by atoms with van der Waals surface area (Å²) in [6, 6.07) is 3.10. The van der Waals surface area contributed by atoms with E-state index in [-0.39, 0.29) is 12.0 Å². The van der Waals surface area contributed by atoms with Gasteiger partial charge in [0.15, 0.2) is 11.6 Å². The molecule has 1 fully saturated rings. The van der Waals surface area contributed by atoms with E-state index in [1.165, 1.54) is 6.07 Å². The average Bonchev–Trinajstić information content (AvgIpc) is 2.49. The van der Waals surface area contributed by atoms with Gasteiger partial charge >= 0.3 is 0 Å². The minimum atomic E-state index is -1.04. The van der Waals surface area contributed by atoms with Crippen molar-refractivity contribution in [3.8, 4) is 0 Å². The van der Waals surface area contributed by atoms with E-state index >= 15 is 0 Å². The Morgan fingerprint density at radius 2 is 2.09 bits per heavy atom. The van der Waals surface area contributed by atoms with Crippen molar-refractivity contribution in [2.24, 2.45) is 11.1 Å². The van der Waals surface area contributed by atoms with E-state index in [4.69, 9.17) is 10.5 Å². The third kappa shape index (κ3) is 2.97. The van der Waals surface area contributed by atoms with Crippen LogP contribution in [0.5, 0.6) is 0 Å². The zero-order chi connectivity index (χ0) is 17.4. The van der Waals surface area contributed by atoms with Gasteiger partial charge in [0.05, 0.1) is 12.1 Å². The van der Waals surface area contributed by atoms with Gasteiger partial charge in [0.1, 0.15) is 5.54 Å². The molecule has 1 aliphatic rings. The summed E-state index contributed by atoms with van der Waals surface area (Å²) in [6.45, 7) is 7.98. The lowest BCUT2D eigenvalue weighted by molar-refractivity contribution is -0.171. The van der Waals surface area contributed by atoms with Gasteiger partial charge in [0.25, 0.3) is 0 Å². The number of carbonyl (C=O) groups excluding carboxylic acids is 1. The average molecular weight is 326 g/mol. The number of halogens is 2. The van der Waals surface area contributed by atoms with Crippen molar-refractivity contribution in [1.29, 1.82) is 0 Å². The number of nitrogens with two attached hydrogens (primary N) is 1. The van der Waals surface area contributed by atoms with E-state index < -0.39 is 28.6 Å². The third-order valence-corrected chi connectivity index (χ3v) is 5.03. The van der Waals surface area contributed by atoms with Gasteiger partial charge < -0.3 is 15.8 Å². The van der Waals surface area contributed by atoms with Crippen molar-refractivity contribution >= 4 is 5.91 Å². The largest absolute Gasteiger partial charge is 0.378 e. The normalized spacial score (nSPS) is 27.2. The quantitative estimate of drug-likeness (QED) is 0.874. The summed E-state index contributed by atoms with van der Waals surface area (Å²) in [7, 11) is 0. The molecule has 0 aromatic heterocycles. The molecule has 2 rings (SSSR count). The van der Waals surface area contributed by atoms with E-state index in [1.54, 1.807) is 6.92 Å². The molecule has 0 saturated heterocycles. The predicted molar refractivity (Wildman–Crippen MR) is 83.6 cm³/mol. The molecule has 1 amide bonds. The third-order valence-electron chi connectivity index (χ3n) is 5.03. The number of benzene rings is 1. The maximum absolute atomic E-state index is 13.3. The Kier molecular flexibility index (Phi) is 4.78. The van der Waals surface area contributed by atoms with Gasteiger partial charge in [-0.15, -0.1) is 0 Å². The Bertz CT molecular complexity index is 606. The second kappa shape index (κ2) is 6.17. The molecule has 23 heavy (non-hydrogen) atoms. The SMILES string of the molecule is CCOC1CC(N)(C(=O)NC(C)c2ccc(F)c(F)c2)C1(C)C. The summed E-state index contributed by atoms with van der Waals surface area (Å²) in [5, 5.41) is 2.79. The fourth-order valence-electron chi connectivity index (χ4n) is 3.01. The molecule has 3 unspecified atom stereocenters. The summed E-state index contributed by atoms with van der Waals surface area (Å²) in [5.74, 6) is -2.16. The molecule has 0 heterocycles. The minimum Gasteiger partial charge on any atom is -0.378 e. The molecule has 0 radical (unpaired) electrons. The van der Waals surface area contributed by atoms with Crippen LogP contribution in [0.3, 0.4) is 0 Å². The molecule has 4 nitrogen and oxygen atoms in total. The monoisotopic (exact) mass is 326 g/mol. The van der Waals surface area contributed by atoms with Crippen LogP contribution in [0, 0.1) is 17.0 Å². The number of nitrogens with one attached hydrogen (secondary N) is 1. The fraction of sp³-hybridized carbons (Fsp3) is 0.588. The molecule has 3 N–H and O–H groups in total. The molecule has 128 valence electrons. The first-order valence-corrected chi connectivity index (χ1v) is 7.80. The first kappa shape index (κ1) is 17.8. The van der Waals surface area contributed by atoms with Crippen LogP contribution >= 0.6 is 0 Å². The van der Waals surface area contributed by atoms with Gasteiger partial charge in [-0.25, -0.2) is 8.78 Å². The van der Waals surface area contributed by atoms with Crippen molar-refractivity contribution in [3.63, 3.8) is 0 Å². The van der Waals surface area contributed by atoms with Gasteiger partial charge in [-0.1, -0.05) is 19.9 Å². The van der Waals surface area contributed by atoms with Crippen LogP contribution < -0.4 is 11.1 Å². The van der Waals surface area contributed by atoms with Crippen LogP contribution in [0.15, 0.2) is 18.2 Å². The highest BCUT2D eigenvalue weighted by molar-refractivity contribution is 5.89. The van der Waals surface area contributed by atoms with E-state index in [9.17, 15) is 13.6 Å². The first-order chi connectivity index (χ1) is 10.6. The van der Waals surface area contributed by atoms with Crippen LogP contribution in [-0.4, -0.2) is 24.2 Å². The lowest BCUT2D eigenvalue weighted by Crippen LogP contribution is -2.75. The molecule has 0 aliphatic heterocycles. The van der Waals surface area contributed by atoms with E-state index in [1.807, 2.05) is 20.8 Å². The van der Waals surface area contributed by atoms with Gasteiger partial charge in [-0.05, 0) is 31.5 Å². The first-order valence-electron chi connectivity index (χ1n) is 7.80. The van der Waals surface area contributed by atoms with Crippen LogP contribution in [0.2, 0.25) is 0 Å². The number of hydrogen-bond acceptors (Lipinski definition) is 3. The highest BCUT2D eigenvalue weighted by Gasteiger charge is 2.62. The summed E-state index contributed by atoms with van der Waals surface area (Å²) >= 11 is 0. The van der Waals surface area contributed by atoms with Crippen LogP contribution in [0.4, 0.5) is 8.78 Å². The van der Waals surface area contributed by atoms with Gasteiger partial charge in [0.2, 0.25) is 5.91 Å². The van der Waals surface area contributed by atoms with Crippen molar-refractivity contribution in [2.75, 3.05) is 6.61 Å². The van der Waals surface area contributed by atoms with Crippen molar-refractivity contribution < 1.29 is 18.3 Å². The Balaban J connectivity index is 2.08.